The summed E-state index contributed by atoms with van der Waals surface area (Å²) in [5, 5.41) is 3.26. The standard InChI is InChI=1S/C17H17N3O3/c1-22-16-7-11-3-4-19-13(12(11)8-17(16)23-2)9-15(21)14-10-18-5-6-20-14/h5-10,19H,3-4H2,1-2H3/b13-9-. The van der Waals surface area contributed by atoms with Gasteiger partial charge < -0.3 is 14.8 Å². The van der Waals surface area contributed by atoms with E-state index in [2.05, 4.69) is 15.3 Å². The molecule has 0 spiro atoms. The van der Waals surface area contributed by atoms with Crippen molar-refractivity contribution in [3.8, 4) is 11.5 Å². The van der Waals surface area contributed by atoms with Gasteiger partial charge in [-0.25, -0.2) is 4.98 Å². The number of rotatable bonds is 4. The summed E-state index contributed by atoms with van der Waals surface area (Å²) in [5.41, 5.74) is 3.11. The number of carbonyl (C=O) groups is 1. The molecule has 0 unspecified atom stereocenters. The quantitative estimate of drug-likeness (QED) is 0.686. The second-order valence-corrected chi connectivity index (χ2v) is 5.05. The Morgan fingerprint density at radius 2 is 2.00 bits per heavy atom. The van der Waals surface area contributed by atoms with Crippen LogP contribution in [0.1, 0.15) is 21.6 Å². The fraction of sp³-hybridized carbons (Fsp3) is 0.235. The van der Waals surface area contributed by atoms with Crippen molar-refractivity contribution < 1.29 is 14.3 Å². The normalized spacial score (nSPS) is 14.8. The average molecular weight is 311 g/mol. The molecule has 0 radical (unpaired) electrons. The number of nitrogens with zero attached hydrogens (tertiary/aromatic N) is 2. The SMILES string of the molecule is COc1cc2c(cc1OC)/C(=C/C(=O)c1cnccn1)NCC2. The van der Waals surface area contributed by atoms with Gasteiger partial charge in [-0.05, 0) is 24.1 Å². The highest BCUT2D eigenvalue weighted by molar-refractivity contribution is 6.07. The Hall–Kier alpha value is -2.89. The lowest BCUT2D eigenvalue weighted by atomic mass is 9.96. The van der Waals surface area contributed by atoms with Crippen molar-refractivity contribution in [3.05, 3.63) is 53.6 Å². The van der Waals surface area contributed by atoms with Crippen LogP contribution in [0.15, 0.2) is 36.8 Å². The lowest BCUT2D eigenvalue weighted by Gasteiger charge is -2.23. The first-order chi connectivity index (χ1) is 11.2. The fourth-order valence-electron chi connectivity index (χ4n) is 2.57. The van der Waals surface area contributed by atoms with E-state index in [4.69, 9.17) is 9.47 Å². The van der Waals surface area contributed by atoms with Crippen LogP contribution in [0.3, 0.4) is 0 Å². The molecular formula is C17H17N3O3. The smallest absolute Gasteiger partial charge is 0.207 e. The molecule has 6 nitrogen and oxygen atoms in total. The molecule has 3 rings (SSSR count). The van der Waals surface area contributed by atoms with E-state index < -0.39 is 0 Å². The second kappa shape index (κ2) is 6.48. The number of methoxy groups -OCH3 is 2. The van der Waals surface area contributed by atoms with Gasteiger partial charge in [0.05, 0.1) is 20.4 Å². The number of carbonyl (C=O) groups excluding carboxylic acids is 1. The van der Waals surface area contributed by atoms with Crippen LogP contribution in [0.2, 0.25) is 0 Å². The third-order valence-electron chi connectivity index (χ3n) is 3.70. The van der Waals surface area contributed by atoms with E-state index in [-0.39, 0.29) is 5.78 Å². The lowest BCUT2D eigenvalue weighted by molar-refractivity contribution is 0.104. The summed E-state index contributed by atoms with van der Waals surface area (Å²) in [6, 6.07) is 3.84. The van der Waals surface area contributed by atoms with Gasteiger partial charge in [-0.3, -0.25) is 9.78 Å². The number of aromatic nitrogens is 2. The van der Waals surface area contributed by atoms with Gasteiger partial charge >= 0.3 is 0 Å². The van der Waals surface area contributed by atoms with Crippen LogP contribution in [-0.4, -0.2) is 36.5 Å². The van der Waals surface area contributed by atoms with E-state index >= 15 is 0 Å². The van der Waals surface area contributed by atoms with Crippen molar-refractivity contribution in [1.29, 1.82) is 0 Å². The first-order valence-electron chi connectivity index (χ1n) is 7.24. The Balaban J connectivity index is 2.01. The summed E-state index contributed by atoms with van der Waals surface area (Å²) in [4.78, 5) is 20.3. The maximum atomic E-state index is 12.3. The number of allylic oxidation sites excluding steroid dienone is 1. The van der Waals surface area contributed by atoms with Gasteiger partial charge in [0, 0.05) is 36.3 Å². The zero-order chi connectivity index (χ0) is 16.2. The molecule has 118 valence electrons. The Labute approximate surface area is 134 Å². The molecule has 1 N–H and O–H groups in total. The van der Waals surface area contributed by atoms with E-state index in [9.17, 15) is 4.79 Å². The molecule has 0 saturated carbocycles. The molecule has 0 aliphatic carbocycles. The van der Waals surface area contributed by atoms with Gasteiger partial charge in [0.15, 0.2) is 11.5 Å². The molecule has 2 aromatic rings. The summed E-state index contributed by atoms with van der Waals surface area (Å²) in [7, 11) is 3.20. The molecule has 0 saturated heterocycles. The van der Waals surface area contributed by atoms with Gasteiger partial charge in [0.2, 0.25) is 5.78 Å². The van der Waals surface area contributed by atoms with E-state index in [0.29, 0.717) is 17.2 Å². The minimum Gasteiger partial charge on any atom is -0.493 e. The number of fused-ring (bicyclic) bond motifs is 1. The van der Waals surface area contributed by atoms with Crippen molar-refractivity contribution in [2.75, 3.05) is 20.8 Å². The van der Waals surface area contributed by atoms with E-state index in [1.807, 2.05) is 12.1 Å². The number of hydrogen-bond acceptors (Lipinski definition) is 6. The van der Waals surface area contributed by atoms with Crippen molar-refractivity contribution in [2.24, 2.45) is 0 Å². The minimum atomic E-state index is -0.191. The molecule has 1 aliphatic heterocycles. The summed E-state index contributed by atoms with van der Waals surface area (Å²) in [5.74, 6) is 1.13. The van der Waals surface area contributed by atoms with Crippen molar-refractivity contribution in [3.63, 3.8) is 0 Å². The van der Waals surface area contributed by atoms with Crippen molar-refractivity contribution in [1.82, 2.24) is 15.3 Å². The Kier molecular flexibility index (Phi) is 4.23. The van der Waals surface area contributed by atoms with E-state index in [1.165, 1.54) is 18.6 Å². The van der Waals surface area contributed by atoms with Crippen LogP contribution in [0.4, 0.5) is 0 Å². The van der Waals surface area contributed by atoms with Crippen LogP contribution >= 0.6 is 0 Å². The largest absolute Gasteiger partial charge is 0.493 e. The molecule has 0 atom stereocenters. The second-order valence-electron chi connectivity index (χ2n) is 5.05. The highest BCUT2D eigenvalue weighted by Gasteiger charge is 2.19. The molecule has 0 bridgehead atoms. The van der Waals surface area contributed by atoms with Gasteiger partial charge in [-0.1, -0.05) is 0 Å². The topological polar surface area (TPSA) is 73.3 Å². The van der Waals surface area contributed by atoms with Crippen LogP contribution in [0, 0.1) is 0 Å². The highest BCUT2D eigenvalue weighted by atomic mass is 16.5. The molecule has 6 heteroatoms. The molecule has 0 amide bonds. The number of hydrogen-bond donors (Lipinski definition) is 1. The maximum absolute atomic E-state index is 12.3. The molecule has 1 aliphatic rings. The molecule has 23 heavy (non-hydrogen) atoms. The fourth-order valence-corrected chi connectivity index (χ4v) is 2.57. The molecule has 1 aromatic heterocycles. The molecule has 0 fully saturated rings. The first kappa shape index (κ1) is 15.0. The van der Waals surface area contributed by atoms with Gasteiger partial charge in [-0.2, -0.15) is 0 Å². The van der Waals surface area contributed by atoms with Crippen LogP contribution < -0.4 is 14.8 Å². The summed E-state index contributed by atoms with van der Waals surface area (Å²) in [6.45, 7) is 0.752. The monoisotopic (exact) mass is 311 g/mol. The zero-order valence-corrected chi connectivity index (χ0v) is 13.0. The molecule has 2 heterocycles. The Morgan fingerprint density at radius 1 is 1.22 bits per heavy atom. The zero-order valence-electron chi connectivity index (χ0n) is 13.0. The number of ketones is 1. The molecular weight excluding hydrogens is 294 g/mol. The minimum absolute atomic E-state index is 0.191. The lowest BCUT2D eigenvalue weighted by Crippen LogP contribution is -2.23. The van der Waals surface area contributed by atoms with Gasteiger partial charge in [-0.15, -0.1) is 0 Å². The van der Waals surface area contributed by atoms with Crippen molar-refractivity contribution >= 4 is 11.5 Å². The number of nitrogens with one attached hydrogen (secondary N) is 1. The van der Waals surface area contributed by atoms with Gasteiger partial charge in [0.25, 0.3) is 0 Å². The number of benzene rings is 1. The van der Waals surface area contributed by atoms with E-state index in [1.54, 1.807) is 20.3 Å². The third kappa shape index (κ3) is 3.01. The predicted octanol–water partition coefficient (Wildman–Crippen LogP) is 1.86. The first-order valence-corrected chi connectivity index (χ1v) is 7.24. The van der Waals surface area contributed by atoms with Crippen molar-refractivity contribution in [2.45, 2.75) is 6.42 Å². The number of ether oxygens (including phenoxy) is 2. The predicted molar refractivity (Wildman–Crippen MR) is 85.6 cm³/mol. The average Bonchev–Trinajstić information content (AvgIpc) is 2.61. The third-order valence-corrected chi connectivity index (χ3v) is 3.70. The molecule has 1 aromatic carbocycles. The van der Waals surface area contributed by atoms with Crippen LogP contribution in [-0.2, 0) is 6.42 Å². The van der Waals surface area contributed by atoms with E-state index in [0.717, 1.165) is 29.8 Å². The summed E-state index contributed by atoms with van der Waals surface area (Å²) < 4.78 is 10.7. The van der Waals surface area contributed by atoms with Gasteiger partial charge in [0.1, 0.15) is 5.69 Å². The van der Waals surface area contributed by atoms with Crippen LogP contribution in [0.5, 0.6) is 11.5 Å². The Bertz CT molecular complexity index is 757. The summed E-state index contributed by atoms with van der Waals surface area (Å²) >= 11 is 0. The maximum Gasteiger partial charge on any atom is 0.207 e. The Morgan fingerprint density at radius 3 is 2.70 bits per heavy atom. The summed E-state index contributed by atoms with van der Waals surface area (Å²) in [6.07, 6.45) is 6.90. The highest BCUT2D eigenvalue weighted by Crippen LogP contribution is 2.34. The van der Waals surface area contributed by atoms with Crippen LogP contribution in [0.25, 0.3) is 5.70 Å².